The summed E-state index contributed by atoms with van der Waals surface area (Å²) in [5.41, 5.74) is 1.96. The third kappa shape index (κ3) is 2.09. The van der Waals surface area contributed by atoms with Gasteiger partial charge in [-0.1, -0.05) is 5.21 Å². The number of aromatic nitrogens is 6. The molecule has 0 aliphatic carbocycles. The lowest BCUT2D eigenvalue weighted by Crippen LogP contribution is -2.38. The Morgan fingerprint density at radius 2 is 2.19 bits per heavy atom. The van der Waals surface area contributed by atoms with Gasteiger partial charge >= 0.3 is 0 Å². The molecular formula is C12H10BrN7O. The van der Waals surface area contributed by atoms with Gasteiger partial charge < -0.3 is 4.90 Å². The molecule has 21 heavy (non-hydrogen) atoms. The van der Waals surface area contributed by atoms with Crippen LogP contribution in [0, 0.1) is 0 Å². The van der Waals surface area contributed by atoms with Crippen LogP contribution >= 0.6 is 15.9 Å². The van der Waals surface area contributed by atoms with Gasteiger partial charge in [0.2, 0.25) is 0 Å². The maximum absolute atomic E-state index is 12.5. The van der Waals surface area contributed by atoms with Gasteiger partial charge in [0.05, 0.1) is 29.5 Å². The van der Waals surface area contributed by atoms with Crippen LogP contribution in [0.1, 0.15) is 16.2 Å². The molecule has 3 aromatic heterocycles. The molecule has 4 rings (SSSR count). The molecule has 1 amide bonds. The topological polar surface area (TPSA) is 81.2 Å². The van der Waals surface area contributed by atoms with Crippen LogP contribution in [0.2, 0.25) is 0 Å². The molecule has 106 valence electrons. The smallest absolute Gasteiger partial charge is 0.274 e. The maximum atomic E-state index is 12.5. The van der Waals surface area contributed by atoms with Crippen molar-refractivity contribution >= 4 is 27.5 Å². The normalized spacial score (nSPS) is 14.4. The summed E-state index contributed by atoms with van der Waals surface area (Å²) in [6, 6.07) is 1.69. The molecule has 0 bridgehead atoms. The number of nitrogens with zero attached hydrogens (tertiary/aromatic N) is 7. The SMILES string of the molecule is O=C(c1cc2ncc(Br)cn2n1)N1CCn2nncc2C1. The summed E-state index contributed by atoms with van der Waals surface area (Å²) in [6.07, 6.45) is 5.13. The van der Waals surface area contributed by atoms with E-state index in [1.165, 1.54) is 0 Å². The van der Waals surface area contributed by atoms with Crippen molar-refractivity contribution in [3.63, 3.8) is 0 Å². The lowest BCUT2D eigenvalue weighted by atomic mass is 10.3. The highest BCUT2D eigenvalue weighted by Crippen LogP contribution is 2.15. The van der Waals surface area contributed by atoms with Gasteiger partial charge in [-0.25, -0.2) is 14.2 Å². The minimum Gasteiger partial charge on any atom is -0.329 e. The molecule has 0 fully saturated rings. The van der Waals surface area contributed by atoms with Crippen molar-refractivity contribution in [1.82, 2.24) is 34.5 Å². The molecule has 0 aromatic carbocycles. The summed E-state index contributed by atoms with van der Waals surface area (Å²) in [6.45, 7) is 1.75. The fourth-order valence-electron chi connectivity index (χ4n) is 2.37. The van der Waals surface area contributed by atoms with E-state index in [9.17, 15) is 4.79 Å². The first-order valence-electron chi connectivity index (χ1n) is 6.38. The Bertz CT molecular complexity index is 839. The van der Waals surface area contributed by atoms with Gasteiger partial charge in [0.15, 0.2) is 11.3 Å². The third-order valence-electron chi connectivity index (χ3n) is 3.42. The largest absolute Gasteiger partial charge is 0.329 e. The molecule has 0 spiro atoms. The standard InChI is InChI=1S/C12H10BrN7O/c13-8-4-14-11-3-10(16-20(11)6-8)12(21)18-1-2-19-9(7-18)5-15-17-19/h3-6H,1-2,7H2. The fourth-order valence-corrected chi connectivity index (χ4v) is 2.67. The van der Waals surface area contributed by atoms with Gasteiger partial charge in [0, 0.05) is 25.0 Å². The molecule has 1 aliphatic rings. The molecule has 0 saturated carbocycles. The second-order valence-corrected chi connectivity index (χ2v) is 5.70. The second-order valence-electron chi connectivity index (χ2n) is 4.78. The average molecular weight is 348 g/mol. The molecule has 0 N–H and O–H groups in total. The van der Waals surface area contributed by atoms with Crippen LogP contribution in [0.15, 0.2) is 29.1 Å². The zero-order valence-electron chi connectivity index (χ0n) is 10.8. The van der Waals surface area contributed by atoms with E-state index in [4.69, 9.17) is 0 Å². The van der Waals surface area contributed by atoms with E-state index in [0.29, 0.717) is 31.0 Å². The second kappa shape index (κ2) is 4.62. The molecular weight excluding hydrogens is 338 g/mol. The van der Waals surface area contributed by atoms with Gasteiger partial charge in [-0.15, -0.1) is 5.10 Å². The first kappa shape index (κ1) is 12.5. The lowest BCUT2D eigenvalue weighted by Gasteiger charge is -2.26. The number of rotatable bonds is 1. The molecule has 0 atom stereocenters. The average Bonchev–Trinajstić information content (AvgIpc) is 3.11. The Morgan fingerprint density at radius 3 is 3.10 bits per heavy atom. The van der Waals surface area contributed by atoms with Gasteiger partial charge in [0.25, 0.3) is 5.91 Å². The number of amides is 1. The van der Waals surface area contributed by atoms with Gasteiger partial charge in [-0.05, 0) is 15.9 Å². The zero-order valence-corrected chi connectivity index (χ0v) is 12.4. The minimum atomic E-state index is -0.107. The van der Waals surface area contributed by atoms with Gasteiger partial charge in [-0.3, -0.25) is 4.79 Å². The number of hydrogen-bond donors (Lipinski definition) is 0. The van der Waals surface area contributed by atoms with E-state index in [1.54, 1.807) is 34.1 Å². The summed E-state index contributed by atoms with van der Waals surface area (Å²) in [4.78, 5) is 18.5. The Labute approximate surface area is 127 Å². The molecule has 0 saturated heterocycles. The third-order valence-corrected chi connectivity index (χ3v) is 3.83. The predicted octanol–water partition coefficient (Wildman–Crippen LogP) is 0.739. The molecule has 1 aliphatic heterocycles. The van der Waals surface area contributed by atoms with Gasteiger partial charge in [0.1, 0.15) is 0 Å². The first-order valence-corrected chi connectivity index (χ1v) is 7.17. The Morgan fingerprint density at radius 1 is 1.29 bits per heavy atom. The highest BCUT2D eigenvalue weighted by Gasteiger charge is 2.24. The summed E-state index contributed by atoms with van der Waals surface area (Å²) in [5.74, 6) is -0.107. The molecule has 0 radical (unpaired) electrons. The predicted molar refractivity (Wildman–Crippen MR) is 75.4 cm³/mol. The van der Waals surface area contributed by atoms with Crippen molar-refractivity contribution in [1.29, 1.82) is 0 Å². The fraction of sp³-hybridized carbons (Fsp3) is 0.250. The lowest BCUT2D eigenvalue weighted by molar-refractivity contribution is 0.0699. The van der Waals surface area contributed by atoms with Crippen LogP contribution in [0.5, 0.6) is 0 Å². The molecule has 4 heterocycles. The molecule has 0 unspecified atom stereocenters. The van der Waals surface area contributed by atoms with Crippen molar-refractivity contribution in [2.24, 2.45) is 0 Å². The van der Waals surface area contributed by atoms with Crippen LogP contribution in [0.25, 0.3) is 5.65 Å². The summed E-state index contributed by atoms with van der Waals surface area (Å²) in [7, 11) is 0. The number of carbonyl (C=O) groups is 1. The summed E-state index contributed by atoms with van der Waals surface area (Å²) >= 11 is 3.33. The Hall–Kier alpha value is -2.29. The Kier molecular flexibility index (Phi) is 2.74. The van der Waals surface area contributed by atoms with Crippen molar-refractivity contribution in [2.75, 3.05) is 6.54 Å². The van der Waals surface area contributed by atoms with Crippen LogP contribution in [-0.4, -0.2) is 46.9 Å². The number of carbonyl (C=O) groups excluding carboxylic acids is 1. The van der Waals surface area contributed by atoms with Crippen LogP contribution in [0.3, 0.4) is 0 Å². The van der Waals surface area contributed by atoms with Gasteiger partial charge in [-0.2, -0.15) is 5.10 Å². The van der Waals surface area contributed by atoms with E-state index >= 15 is 0 Å². The minimum absolute atomic E-state index is 0.107. The monoisotopic (exact) mass is 347 g/mol. The highest BCUT2D eigenvalue weighted by molar-refractivity contribution is 9.10. The summed E-state index contributed by atoms with van der Waals surface area (Å²) in [5, 5.41) is 12.1. The number of hydrogen-bond acceptors (Lipinski definition) is 5. The van der Waals surface area contributed by atoms with Crippen LogP contribution in [-0.2, 0) is 13.1 Å². The molecule has 3 aromatic rings. The van der Waals surface area contributed by atoms with E-state index in [0.717, 1.165) is 10.2 Å². The summed E-state index contributed by atoms with van der Waals surface area (Å²) < 4.78 is 4.21. The van der Waals surface area contributed by atoms with E-state index in [-0.39, 0.29) is 5.91 Å². The Balaban J connectivity index is 1.64. The van der Waals surface area contributed by atoms with E-state index in [2.05, 4.69) is 36.3 Å². The molecule has 9 heteroatoms. The van der Waals surface area contributed by atoms with E-state index < -0.39 is 0 Å². The number of fused-ring (bicyclic) bond motifs is 2. The first-order chi connectivity index (χ1) is 10.2. The van der Waals surface area contributed by atoms with Crippen LogP contribution in [0.4, 0.5) is 0 Å². The van der Waals surface area contributed by atoms with Crippen LogP contribution < -0.4 is 0 Å². The number of halogens is 1. The molecule has 8 nitrogen and oxygen atoms in total. The van der Waals surface area contributed by atoms with Crippen molar-refractivity contribution in [2.45, 2.75) is 13.1 Å². The maximum Gasteiger partial charge on any atom is 0.274 e. The quantitative estimate of drug-likeness (QED) is 0.648. The van der Waals surface area contributed by atoms with Crippen molar-refractivity contribution in [3.05, 3.63) is 40.5 Å². The zero-order chi connectivity index (χ0) is 14.4. The van der Waals surface area contributed by atoms with Crippen molar-refractivity contribution in [3.8, 4) is 0 Å². The van der Waals surface area contributed by atoms with Crippen molar-refractivity contribution < 1.29 is 4.79 Å². The van der Waals surface area contributed by atoms with E-state index in [1.807, 2.05) is 4.68 Å². The highest BCUT2D eigenvalue weighted by atomic mass is 79.9.